The second-order valence-electron chi connectivity index (χ2n) is 6.87. The molecule has 2 heterocycles. The number of anilines is 1. The van der Waals surface area contributed by atoms with Crippen molar-refractivity contribution in [1.29, 1.82) is 0 Å². The second kappa shape index (κ2) is 9.32. The summed E-state index contributed by atoms with van der Waals surface area (Å²) in [6.45, 7) is 1.25. The van der Waals surface area contributed by atoms with Gasteiger partial charge in [-0.15, -0.1) is 0 Å². The van der Waals surface area contributed by atoms with Crippen molar-refractivity contribution in [2.75, 3.05) is 25.1 Å². The van der Waals surface area contributed by atoms with E-state index in [0.717, 1.165) is 33.1 Å². The van der Waals surface area contributed by atoms with E-state index in [0.29, 0.717) is 19.6 Å². The highest BCUT2D eigenvalue weighted by Crippen LogP contribution is 2.30. The summed E-state index contributed by atoms with van der Waals surface area (Å²) in [5.74, 6) is 0.557. The molecule has 4 rings (SSSR count). The van der Waals surface area contributed by atoms with Gasteiger partial charge in [-0.3, -0.25) is 14.9 Å². The Balaban J connectivity index is 1.25. The highest BCUT2D eigenvalue weighted by atomic mass is 32.2. The molecule has 2 aromatic carbocycles. The maximum atomic E-state index is 11.7. The lowest BCUT2D eigenvalue weighted by atomic mass is 10.1. The molecule has 1 saturated heterocycles. The Kier molecular flexibility index (Phi) is 6.35. The first-order valence-electron chi connectivity index (χ1n) is 9.54. The van der Waals surface area contributed by atoms with E-state index in [2.05, 4.69) is 27.3 Å². The highest BCUT2D eigenvalue weighted by molar-refractivity contribution is 8.15. The van der Waals surface area contributed by atoms with Crippen LogP contribution in [0, 0.1) is 0 Å². The Morgan fingerprint density at radius 1 is 1.10 bits per heavy atom. The van der Waals surface area contributed by atoms with Crippen LogP contribution in [0.5, 0.6) is 5.75 Å². The summed E-state index contributed by atoms with van der Waals surface area (Å²) in [5.41, 5.74) is 2.17. The van der Waals surface area contributed by atoms with Gasteiger partial charge in [0.2, 0.25) is 5.91 Å². The number of aromatic nitrogens is 1. The number of carbonyl (C=O) groups excluding carboxylic acids is 2. The van der Waals surface area contributed by atoms with Gasteiger partial charge < -0.3 is 9.64 Å². The largest absolute Gasteiger partial charge is 0.492 e. The molecule has 0 radical (unpaired) electrons. The van der Waals surface area contributed by atoms with E-state index in [1.54, 1.807) is 11.3 Å². The summed E-state index contributed by atoms with van der Waals surface area (Å²) >= 11 is 2.70. The second-order valence-corrected chi connectivity index (χ2v) is 9.06. The predicted molar refractivity (Wildman–Crippen MR) is 121 cm³/mol. The van der Waals surface area contributed by atoms with Crippen molar-refractivity contribution in [2.24, 2.45) is 0 Å². The topological polar surface area (TPSA) is 71.5 Å². The number of hydrogen-bond acceptors (Lipinski definition) is 7. The highest BCUT2D eigenvalue weighted by Gasteiger charge is 2.31. The predicted octanol–water partition coefficient (Wildman–Crippen LogP) is 4.22. The van der Waals surface area contributed by atoms with Crippen molar-refractivity contribution in [3.8, 4) is 16.2 Å². The summed E-state index contributed by atoms with van der Waals surface area (Å²) in [4.78, 5) is 30.7. The number of nitrogens with zero attached hydrogens (tertiary/aromatic N) is 2. The smallest absolute Gasteiger partial charge is 0.286 e. The number of thiazole rings is 1. The molecule has 0 aliphatic carbocycles. The average molecular weight is 440 g/mol. The van der Waals surface area contributed by atoms with Crippen LogP contribution in [0.25, 0.3) is 10.4 Å². The van der Waals surface area contributed by atoms with Crippen LogP contribution in [0.1, 0.15) is 5.56 Å². The number of rotatable bonds is 8. The van der Waals surface area contributed by atoms with Gasteiger partial charge in [0.1, 0.15) is 12.4 Å². The van der Waals surface area contributed by atoms with Crippen LogP contribution < -0.4 is 15.0 Å². The Morgan fingerprint density at radius 3 is 2.57 bits per heavy atom. The number of ether oxygens (including phenoxy) is 1. The number of thioether (sulfide) groups is 1. The first-order chi connectivity index (χ1) is 14.6. The molecular weight excluding hydrogens is 418 g/mol. The van der Waals surface area contributed by atoms with E-state index < -0.39 is 0 Å². The molecule has 1 aliphatic heterocycles. The molecule has 1 unspecified atom stereocenters. The zero-order valence-electron chi connectivity index (χ0n) is 16.4. The molecule has 0 spiro atoms. The minimum atomic E-state index is -0.350. The van der Waals surface area contributed by atoms with Crippen molar-refractivity contribution < 1.29 is 14.3 Å². The summed E-state index contributed by atoms with van der Waals surface area (Å²) in [5, 5.41) is 2.64. The summed E-state index contributed by atoms with van der Waals surface area (Å²) in [7, 11) is 2.01. The van der Waals surface area contributed by atoms with E-state index in [4.69, 9.17) is 4.74 Å². The first-order valence-corrected chi connectivity index (χ1v) is 11.2. The monoisotopic (exact) mass is 439 g/mol. The molecule has 1 atom stereocenters. The van der Waals surface area contributed by atoms with Gasteiger partial charge in [-0.2, -0.15) is 0 Å². The molecule has 1 aliphatic rings. The molecule has 0 bridgehead atoms. The van der Waals surface area contributed by atoms with E-state index in [1.165, 1.54) is 5.56 Å². The van der Waals surface area contributed by atoms with Gasteiger partial charge in [0.15, 0.2) is 5.13 Å². The molecule has 30 heavy (non-hydrogen) atoms. The van der Waals surface area contributed by atoms with Crippen molar-refractivity contribution >= 4 is 39.4 Å². The molecular formula is C22H21N3O3S2. The van der Waals surface area contributed by atoms with Gasteiger partial charge >= 0.3 is 0 Å². The van der Waals surface area contributed by atoms with E-state index in [9.17, 15) is 9.59 Å². The molecule has 154 valence electrons. The fourth-order valence-corrected chi connectivity index (χ4v) is 4.81. The summed E-state index contributed by atoms with van der Waals surface area (Å²) in [6, 6.07) is 17.9. The fourth-order valence-electron chi connectivity index (χ4n) is 3.04. The maximum Gasteiger partial charge on any atom is 0.286 e. The summed E-state index contributed by atoms with van der Waals surface area (Å²) in [6.07, 6.45) is 2.43. The van der Waals surface area contributed by atoms with Crippen LogP contribution >= 0.6 is 23.1 Å². The number of hydrogen-bond donors (Lipinski definition) is 1. The van der Waals surface area contributed by atoms with Gasteiger partial charge in [-0.25, -0.2) is 4.98 Å². The Bertz CT molecular complexity index is 1020. The molecule has 8 heteroatoms. The molecule has 1 aromatic heterocycles. The number of likely N-dealkylation sites (N-methyl/N-ethyl adjacent to an activating group) is 1. The number of amides is 2. The Labute approximate surface area is 183 Å². The van der Waals surface area contributed by atoms with Crippen molar-refractivity contribution in [3.63, 3.8) is 0 Å². The van der Waals surface area contributed by atoms with Gasteiger partial charge in [0.05, 0.1) is 16.7 Å². The van der Waals surface area contributed by atoms with E-state index in [1.807, 2.05) is 55.7 Å². The number of imide groups is 1. The van der Waals surface area contributed by atoms with Gasteiger partial charge in [0, 0.05) is 13.2 Å². The molecule has 0 saturated carbocycles. The van der Waals surface area contributed by atoms with Crippen molar-refractivity contribution in [3.05, 3.63) is 66.4 Å². The van der Waals surface area contributed by atoms with Crippen LogP contribution in [0.4, 0.5) is 9.93 Å². The van der Waals surface area contributed by atoms with Gasteiger partial charge in [0.25, 0.3) is 5.24 Å². The SMILES string of the molecule is CN(CCOc1ccc(CC2SC(=O)NC2=O)cc1)c1ncc(-c2ccccc2)s1. The third kappa shape index (κ3) is 5.01. The average Bonchev–Trinajstić information content (AvgIpc) is 3.37. The number of carbonyl (C=O) groups is 2. The minimum absolute atomic E-state index is 0.217. The van der Waals surface area contributed by atoms with Crippen LogP contribution in [-0.2, 0) is 11.2 Å². The summed E-state index contributed by atoms with van der Waals surface area (Å²) < 4.78 is 5.85. The Morgan fingerprint density at radius 2 is 1.87 bits per heavy atom. The van der Waals surface area contributed by atoms with Crippen LogP contribution in [0.2, 0.25) is 0 Å². The van der Waals surface area contributed by atoms with Crippen LogP contribution in [0.3, 0.4) is 0 Å². The Hall–Kier alpha value is -2.84. The van der Waals surface area contributed by atoms with Crippen LogP contribution in [-0.4, -0.2) is 41.6 Å². The zero-order valence-corrected chi connectivity index (χ0v) is 18.0. The minimum Gasteiger partial charge on any atom is -0.492 e. The normalized spacial score (nSPS) is 15.8. The zero-order chi connectivity index (χ0) is 20.9. The van der Waals surface area contributed by atoms with E-state index >= 15 is 0 Å². The van der Waals surface area contributed by atoms with Crippen molar-refractivity contribution in [1.82, 2.24) is 10.3 Å². The standard InChI is InChI=1S/C22H21N3O3S2/c1-25(21-23-14-19(29-21)16-5-3-2-4-6-16)11-12-28-17-9-7-15(8-10-17)13-18-20(26)24-22(27)30-18/h2-10,14,18H,11-13H2,1H3,(H,24,26,27). The molecule has 1 fully saturated rings. The number of benzene rings is 2. The maximum absolute atomic E-state index is 11.7. The molecule has 2 amide bonds. The third-order valence-electron chi connectivity index (χ3n) is 4.69. The van der Waals surface area contributed by atoms with Crippen LogP contribution in [0.15, 0.2) is 60.8 Å². The quantitative estimate of drug-likeness (QED) is 0.567. The van der Waals surface area contributed by atoms with E-state index in [-0.39, 0.29) is 16.4 Å². The van der Waals surface area contributed by atoms with Gasteiger partial charge in [-0.1, -0.05) is 65.6 Å². The fraction of sp³-hybridized carbons (Fsp3) is 0.227. The molecule has 1 N–H and O–H groups in total. The molecule has 3 aromatic rings. The lowest BCUT2D eigenvalue weighted by molar-refractivity contribution is -0.118. The lowest BCUT2D eigenvalue weighted by Gasteiger charge is -2.16. The first kappa shape index (κ1) is 20.4. The lowest BCUT2D eigenvalue weighted by Crippen LogP contribution is -2.25. The van der Waals surface area contributed by atoms with Gasteiger partial charge in [-0.05, 0) is 29.7 Å². The third-order valence-corrected chi connectivity index (χ3v) is 6.83. The number of nitrogens with one attached hydrogen (secondary N) is 1. The molecule has 6 nitrogen and oxygen atoms in total. The van der Waals surface area contributed by atoms with Crippen molar-refractivity contribution in [2.45, 2.75) is 11.7 Å².